The first-order valence-electron chi connectivity index (χ1n) is 6.29. The van der Waals surface area contributed by atoms with E-state index in [9.17, 15) is 0 Å². The van der Waals surface area contributed by atoms with Crippen molar-refractivity contribution in [1.29, 1.82) is 5.26 Å². The second kappa shape index (κ2) is 6.22. The van der Waals surface area contributed by atoms with Crippen LogP contribution in [0.1, 0.15) is 40.0 Å². The molecule has 3 heteroatoms. The Labute approximate surface area is 99.2 Å². The van der Waals surface area contributed by atoms with Crippen LogP contribution in [0.15, 0.2) is 0 Å². The molecule has 0 saturated carbocycles. The van der Waals surface area contributed by atoms with Crippen molar-refractivity contribution >= 4 is 0 Å². The van der Waals surface area contributed by atoms with E-state index in [1.807, 2.05) is 13.8 Å². The summed E-state index contributed by atoms with van der Waals surface area (Å²) in [5.41, 5.74) is -0.209. The molecule has 1 saturated heterocycles. The first-order chi connectivity index (χ1) is 7.55. The fourth-order valence-electron chi connectivity index (χ4n) is 1.99. The van der Waals surface area contributed by atoms with Crippen molar-refractivity contribution in [2.75, 3.05) is 19.7 Å². The molecular formula is C13H24N2O. The highest BCUT2D eigenvalue weighted by molar-refractivity contribution is 4.91. The van der Waals surface area contributed by atoms with Crippen LogP contribution in [0.25, 0.3) is 0 Å². The predicted molar refractivity (Wildman–Crippen MR) is 65.0 cm³/mol. The molecule has 16 heavy (non-hydrogen) atoms. The van der Waals surface area contributed by atoms with Gasteiger partial charge < -0.3 is 10.1 Å². The number of nitrogens with zero attached hydrogens (tertiary/aromatic N) is 1. The lowest BCUT2D eigenvalue weighted by Crippen LogP contribution is -2.41. The van der Waals surface area contributed by atoms with Crippen LogP contribution in [0, 0.1) is 22.7 Å². The lowest BCUT2D eigenvalue weighted by atomic mass is 9.90. The number of rotatable bonds is 5. The van der Waals surface area contributed by atoms with Gasteiger partial charge in [0.2, 0.25) is 0 Å². The molecule has 92 valence electrons. The van der Waals surface area contributed by atoms with Crippen LogP contribution in [-0.2, 0) is 4.74 Å². The Balaban J connectivity index is 2.13. The predicted octanol–water partition coefficient (Wildman–Crippen LogP) is 2.33. The maximum absolute atomic E-state index is 8.88. The van der Waals surface area contributed by atoms with Gasteiger partial charge in [0.15, 0.2) is 0 Å². The van der Waals surface area contributed by atoms with Crippen molar-refractivity contribution < 1.29 is 4.74 Å². The molecule has 2 unspecified atom stereocenters. The fourth-order valence-corrected chi connectivity index (χ4v) is 1.99. The van der Waals surface area contributed by atoms with Gasteiger partial charge in [-0.05, 0) is 45.6 Å². The number of nitriles is 1. The molecule has 0 spiro atoms. The van der Waals surface area contributed by atoms with Crippen molar-refractivity contribution in [2.45, 2.75) is 46.1 Å². The Bertz CT molecular complexity index is 245. The van der Waals surface area contributed by atoms with E-state index in [1.54, 1.807) is 0 Å². The van der Waals surface area contributed by atoms with Gasteiger partial charge in [-0.15, -0.1) is 0 Å². The lowest BCUT2D eigenvalue weighted by molar-refractivity contribution is 0.000754. The topological polar surface area (TPSA) is 45.0 Å². The third kappa shape index (κ3) is 4.51. The average Bonchev–Trinajstić information content (AvgIpc) is 2.27. The first kappa shape index (κ1) is 13.5. The molecule has 0 aromatic heterocycles. The van der Waals surface area contributed by atoms with Crippen LogP contribution in [0.5, 0.6) is 0 Å². The average molecular weight is 224 g/mol. The van der Waals surface area contributed by atoms with Crippen LogP contribution >= 0.6 is 0 Å². The van der Waals surface area contributed by atoms with E-state index >= 15 is 0 Å². The quantitative estimate of drug-likeness (QED) is 0.729. The first-order valence-corrected chi connectivity index (χ1v) is 6.29. The fraction of sp³-hybridized carbons (Fsp3) is 0.923. The van der Waals surface area contributed by atoms with Crippen LogP contribution in [0.3, 0.4) is 0 Å². The summed E-state index contributed by atoms with van der Waals surface area (Å²) in [7, 11) is 0. The normalized spacial score (nSPS) is 26.4. The van der Waals surface area contributed by atoms with Crippen molar-refractivity contribution in [1.82, 2.24) is 5.32 Å². The number of hydrogen-bond donors (Lipinski definition) is 1. The molecule has 0 aromatic carbocycles. The zero-order chi connectivity index (χ0) is 12.0. The molecule has 0 aromatic rings. The summed E-state index contributed by atoms with van der Waals surface area (Å²) in [6, 6.07) is 2.32. The molecule has 3 nitrogen and oxygen atoms in total. The summed E-state index contributed by atoms with van der Waals surface area (Å²) in [6.45, 7) is 9.09. The highest BCUT2D eigenvalue weighted by Crippen LogP contribution is 2.21. The van der Waals surface area contributed by atoms with Crippen LogP contribution in [-0.4, -0.2) is 25.8 Å². The van der Waals surface area contributed by atoms with Gasteiger partial charge in [0.1, 0.15) is 0 Å². The minimum Gasteiger partial charge on any atom is -0.377 e. The van der Waals surface area contributed by atoms with E-state index in [2.05, 4.69) is 18.3 Å². The Hall–Kier alpha value is -0.590. The Morgan fingerprint density at radius 3 is 2.88 bits per heavy atom. The summed E-state index contributed by atoms with van der Waals surface area (Å²) in [6.07, 6.45) is 3.45. The summed E-state index contributed by atoms with van der Waals surface area (Å²) in [5.74, 6) is 0.658. The maximum Gasteiger partial charge on any atom is 0.0725 e. The van der Waals surface area contributed by atoms with E-state index in [4.69, 9.17) is 10.00 Å². The number of nitrogens with one attached hydrogen (secondary N) is 1. The van der Waals surface area contributed by atoms with Gasteiger partial charge in [0.25, 0.3) is 0 Å². The summed E-state index contributed by atoms with van der Waals surface area (Å²) in [5, 5.41) is 12.2. The van der Waals surface area contributed by atoms with Crippen LogP contribution < -0.4 is 5.32 Å². The van der Waals surface area contributed by atoms with Crippen molar-refractivity contribution in [3.8, 4) is 6.07 Å². The molecule has 1 heterocycles. The summed E-state index contributed by atoms with van der Waals surface area (Å²) in [4.78, 5) is 0. The van der Waals surface area contributed by atoms with Gasteiger partial charge in [-0.1, -0.05) is 6.92 Å². The molecular weight excluding hydrogens is 200 g/mol. The second-order valence-electron chi connectivity index (χ2n) is 5.48. The highest BCUT2D eigenvalue weighted by Gasteiger charge is 2.22. The highest BCUT2D eigenvalue weighted by atomic mass is 16.5. The largest absolute Gasteiger partial charge is 0.377 e. The van der Waals surface area contributed by atoms with E-state index in [1.165, 1.54) is 6.42 Å². The number of ether oxygens (including phenoxy) is 1. The minimum atomic E-state index is -0.209. The molecule has 1 rings (SSSR count). The van der Waals surface area contributed by atoms with Crippen LogP contribution in [0.2, 0.25) is 0 Å². The molecule has 0 aliphatic carbocycles. The van der Waals surface area contributed by atoms with Gasteiger partial charge >= 0.3 is 0 Å². The molecule has 0 bridgehead atoms. The molecule has 0 amide bonds. The smallest absolute Gasteiger partial charge is 0.0725 e. The lowest BCUT2D eigenvalue weighted by Gasteiger charge is -2.29. The zero-order valence-electron chi connectivity index (χ0n) is 10.8. The standard InChI is InChI=1S/C13H24N2O/c1-11-5-7-15-9-12(11)16-8-4-6-13(2,3)10-14/h11-12,15H,4-9H2,1-3H3. The van der Waals surface area contributed by atoms with Gasteiger partial charge in [-0.2, -0.15) is 5.26 Å². The van der Waals surface area contributed by atoms with E-state index in [0.717, 1.165) is 32.5 Å². The summed E-state index contributed by atoms with van der Waals surface area (Å²) >= 11 is 0. The summed E-state index contributed by atoms with van der Waals surface area (Å²) < 4.78 is 5.86. The van der Waals surface area contributed by atoms with Crippen molar-refractivity contribution in [3.05, 3.63) is 0 Å². The minimum absolute atomic E-state index is 0.209. The molecule has 1 N–H and O–H groups in total. The Morgan fingerprint density at radius 2 is 2.25 bits per heavy atom. The molecule has 2 atom stereocenters. The van der Waals surface area contributed by atoms with E-state index < -0.39 is 0 Å². The van der Waals surface area contributed by atoms with Crippen LogP contribution in [0.4, 0.5) is 0 Å². The van der Waals surface area contributed by atoms with E-state index in [-0.39, 0.29) is 5.41 Å². The monoisotopic (exact) mass is 224 g/mol. The Morgan fingerprint density at radius 1 is 1.50 bits per heavy atom. The second-order valence-corrected chi connectivity index (χ2v) is 5.48. The third-order valence-electron chi connectivity index (χ3n) is 3.34. The molecule has 0 radical (unpaired) electrons. The molecule has 1 aliphatic rings. The van der Waals surface area contributed by atoms with Gasteiger partial charge in [0.05, 0.1) is 17.6 Å². The van der Waals surface area contributed by atoms with Gasteiger partial charge in [0, 0.05) is 13.2 Å². The number of piperidine rings is 1. The van der Waals surface area contributed by atoms with E-state index in [0.29, 0.717) is 12.0 Å². The van der Waals surface area contributed by atoms with Gasteiger partial charge in [-0.3, -0.25) is 0 Å². The zero-order valence-corrected chi connectivity index (χ0v) is 10.8. The SMILES string of the molecule is CC1CCNCC1OCCCC(C)(C)C#N. The maximum atomic E-state index is 8.88. The molecule has 1 aliphatic heterocycles. The third-order valence-corrected chi connectivity index (χ3v) is 3.34. The van der Waals surface area contributed by atoms with Crippen molar-refractivity contribution in [2.24, 2.45) is 11.3 Å². The van der Waals surface area contributed by atoms with Crippen molar-refractivity contribution in [3.63, 3.8) is 0 Å². The molecule has 1 fully saturated rings. The van der Waals surface area contributed by atoms with Gasteiger partial charge in [-0.25, -0.2) is 0 Å². The number of hydrogen-bond acceptors (Lipinski definition) is 3. The Kier molecular flexibility index (Phi) is 5.24.